The average Bonchev–Trinajstić information content (AvgIpc) is 3.00. The van der Waals surface area contributed by atoms with E-state index in [0.29, 0.717) is 19.8 Å². The summed E-state index contributed by atoms with van der Waals surface area (Å²) >= 11 is 1.64. The molecule has 0 fully saturated rings. The van der Waals surface area contributed by atoms with Crippen LogP contribution in [0.25, 0.3) is 0 Å². The Hall–Kier alpha value is -1.27. The maximum absolute atomic E-state index is 12.9. The normalized spacial score (nSPS) is 14.2. The van der Waals surface area contributed by atoms with Gasteiger partial charge in [-0.3, -0.25) is 4.90 Å². The van der Waals surface area contributed by atoms with Crippen LogP contribution >= 0.6 is 11.3 Å². The second kappa shape index (κ2) is 8.39. The van der Waals surface area contributed by atoms with Crippen LogP contribution in [-0.2, 0) is 11.3 Å². The van der Waals surface area contributed by atoms with E-state index in [0.717, 1.165) is 10.4 Å². The van der Waals surface area contributed by atoms with E-state index in [2.05, 4.69) is 0 Å². The molecule has 0 saturated carbocycles. The Balaban J connectivity index is 1.75. The quantitative estimate of drug-likeness (QED) is 0.807. The summed E-state index contributed by atoms with van der Waals surface area (Å²) in [5.41, 5.74) is 1.02. The van der Waals surface area contributed by atoms with Crippen molar-refractivity contribution in [3.63, 3.8) is 0 Å². The van der Waals surface area contributed by atoms with Crippen LogP contribution in [0.5, 0.6) is 0 Å². The number of aliphatic hydroxyl groups excluding tert-OH is 1. The van der Waals surface area contributed by atoms with E-state index in [1.54, 1.807) is 23.5 Å². The summed E-state index contributed by atoms with van der Waals surface area (Å²) < 4.78 is 18.5. The number of likely N-dealkylation sites (N-methyl/N-ethyl adjacent to an activating group) is 1. The van der Waals surface area contributed by atoms with Gasteiger partial charge in [0.25, 0.3) is 0 Å². The number of ether oxygens (including phenoxy) is 1. The van der Waals surface area contributed by atoms with E-state index in [4.69, 9.17) is 4.74 Å². The number of benzene rings is 1. The van der Waals surface area contributed by atoms with E-state index < -0.39 is 6.10 Å². The maximum atomic E-state index is 12.9. The lowest BCUT2D eigenvalue weighted by atomic mass is 10.1. The minimum absolute atomic E-state index is 0.104. The van der Waals surface area contributed by atoms with E-state index in [-0.39, 0.29) is 11.9 Å². The zero-order chi connectivity index (χ0) is 15.9. The Morgan fingerprint density at radius 2 is 2.00 bits per heavy atom. The maximum Gasteiger partial charge on any atom is 0.123 e. The van der Waals surface area contributed by atoms with Crippen LogP contribution in [0, 0.1) is 5.82 Å². The zero-order valence-electron chi connectivity index (χ0n) is 12.9. The zero-order valence-corrected chi connectivity index (χ0v) is 13.7. The van der Waals surface area contributed by atoms with Gasteiger partial charge in [0.1, 0.15) is 5.82 Å². The molecule has 3 nitrogen and oxygen atoms in total. The molecule has 2 unspecified atom stereocenters. The van der Waals surface area contributed by atoms with E-state index >= 15 is 0 Å². The summed E-state index contributed by atoms with van der Waals surface area (Å²) in [5.74, 6) is -0.236. The van der Waals surface area contributed by atoms with Gasteiger partial charge in [0.2, 0.25) is 0 Å². The van der Waals surface area contributed by atoms with Crippen LogP contribution in [0.1, 0.15) is 23.4 Å². The Labute approximate surface area is 135 Å². The summed E-state index contributed by atoms with van der Waals surface area (Å²) in [5, 5.41) is 12.1. The Morgan fingerprint density at radius 3 is 2.64 bits per heavy atom. The molecule has 0 spiro atoms. The second-order valence-electron chi connectivity index (χ2n) is 5.42. The first-order valence-corrected chi connectivity index (χ1v) is 8.18. The summed E-state index contributed by atoms with van der Waals surface area (Å²) in [6.07, 6.45) is -0.548. The van der Waals surface area contributed by atoms with E-state index in [1.165, 1.54) is 12.1 Å². The number of halogens is 1. The molecule has 5 heteroatoms. The minimum atomic E-state index is -0.548. The first-order chi connectivity index (χ1) is 10.6. The van der Waals surface area contributed by atoms with Gasteiger partial charge in [0.05, 0.1) is 19.3 Å². The van der Waals surface area contributed by atoms with Gasteiger partial charge in [-0.05, 0) is 43.1 Å². The second-order valence-corrected chi connectivity index (χ2v) is 6.45. The van der Waals surface area contributed by atoms with Gasteiger partial charge in [-0.15, -0.1) is 11.3 Å². The molecule has 0 amide bonds. The van der Waals surface area contributed by atoms with Crippen molar-refractivity contribution < 1.29 is 14.2 Å². The average molecular weight is 323 g/mol. The molecule has 0 aliphatic heterocycles. The molecule has 0 saturated heterocycles. The highest BCUT2D eigenvalue weighted by Gasteiger charge is 2.15. The third kappa shape index (κ3) is 5.18. The number of nitrogens with zero attached hydrogens (tertiary/aromatic N) is 1. The Bertz CT molecular complexity index is 544. The van der Waals surface area contributed by atoms with Crippen LogP contribution < -0.4 is 0 Å². The monoisotopic (exact) mass is 323 g/mol. The van der Waals surface area contributed by atoms with E-state index in [9.17, 15) is 9.50 Å². The third-order valence-corrected chi connectivity index (χ3v) is 4.50. The SMILES string of the molecule is CC(c1ccc(F)cc1)N(C)CC(O)COCc1cccs1. The van der Waals surface area contributed by atoms with Gasteiger partial charge in [-0.1, -0.05) is 18.2 Å². The minimum Gasteiger partial charge on any atom is -0.389 e. The molecule has 22 heavy (non-hydrogen) atoms. The number of thiophene rings is 1. The van der Waals surface area contributed by atoms with Gasteiger partial charge in [0, 0.05) is 17.5 Å². The van der Waals surface area contributed by atoms with Gasteiger partial charge >= 0.3 is 0 Å². The van der Waals surface area contributed by atoms with Crippen LogP contribution in [0.4, 0.5) is 4.39 Å². The van der Waals surface area contributed by atoms with Gasteiger partial charge < -0.3 is 9.84 Å². The Morgan fingerprint density at radius 1 is 1.27 bits per heavy atom. The fraction of sp³-hybridized carbons (Fsp3) is 0.412. The third-order valence-electron chi connectivity index (χ3n) is 3.65. The van der Waals surface area contributed by atoms with E-state index in [1.807, 2.05) is 36.4 Å². The van der Waals surface area contributed by atoms with Crippen molar-refractivity contribution in [1.29, 1.82) is 0 Å². The largest absolute Gasteiger partial charge is 0.389 e. The summed E-state index contributed by atoms with van der Waals surface area (Å²) in [6.45, 7) is 3.37. The Kier molecular flexibility index (Phi) is 6.51. The molecule has 120 valence electrons. The molecular weight excluding hydrogens is 301 g/mol. The molecule has 1 heterocycles. The standard InChI is InChI=1S/C17H22FNO2S/c1-13(14-5-7-15(18)8-6-14)19(2)10-16(20)11-21-12-17-4-3-9-22-17/h3-9,13,16,20H,10-12H2,1-2H3. The highest BCUT2D eigenvalue weighted by atomic mass is 32.1. The van der Waals surface area contributed by atoms with Crippen LogP contribution in [0.2, 0.25) is 0 Å². The topological polar surface area (TPSA) is 32.7 Å². The molecule has 2 atom stereocenters. The van der Waals surface area contributed by atoms with Crippen molar-refractivity contribution in [2.45, 2.75) is 25.7 Å². The van der Waals surface area contributed by atoms with Gasteiger partial charge in [-0.2, -0.15) is 0 Å². The van der Waals surface area contributed by atoms with Crippen LogP contribution in [0.15, 0.2) is 41.8 Å². The van der Waals surface area contributed by atoms with Crippen LogP contribution in [-0.4, -0.2) is 36.3 Å². The van der Waals surface area contributed by atoms with Crippen molar-refractivity contribution in [3.05, 3.63) is 58.0 Å². The molecule has 2 aromatic rings. The first kappa shape index (κ1) is 17.1. The lowest BCUT2D eigenvalue weighted by Gasteiger charge is -2.27. The predicted octanol–water partition coefficient (Wildman–Crippen LogP) is 3.46. The smallest absolute Gasteiger partial charge is 0.123 e. The number of hydrogen-bond acceptors (Lipinski definition) is 4. The first-order valence-electron chi connectivity index (χ1n) is 7.30. The summed E-state index contributed by atoms with van der Waals surface area (Å²) in [6, 6.07) is 10.6. The molecule has 0 bridgehead atoms. The fourth-order valence-corrected chi connectivity index (χ4v) is 2.87. The molecule has 0 radical (unpaired) electrons. The van der Waals surface area contributed by atoms with Crippen LogP contribution in [0.3, 0.4) is 0 Å². The van der Waals surface area contributed by atoms with Crippen molar-refractivity contribution in [1.82, 2.24) is 4.90 Å². The molecule has 0 aliphatic carbocycles. The molecular formula is C17H22FNO2S. The lowest BCUT2D eigenvalue weighted by Crippen LogP contribution is -2.33. The van der Waals surface area contributed by atoms with Crippen molar-refractivity contribution in [3.8, 4) is 0 Å². The highest BCUT2D eigenvalue weighted by Crippen LogP contribution is 2.19. The number of aliphatic hydroxyl groups is 1. The molecule has 1 aromatic heterocycles. The number of rotatable bonds is 8. The van der Waals surface area contributed by atoms with Crippen molar-refractivity contribution in [2.24, 2.45) is 0 Å². The number of hydrogen-bond donors (Lipinski definition) is 1. The van der Waals surface area contributed by atoms with Gasteiger partial charge in [0.15, 0.2) is 0 Å². The predicted molar refractivity (Wildman–Crippen MR) is 87.4 cm³/mol. The summed E-state index contributed by atoms with van der Waals surface area (Å²) in [7, 11) is 1.94. The fourth-order valence-electron chi connectivity index (χ4n) is 2.23. The lowest BCUT2D eigenvalue weighted by molar-refractivity contribution is 0.00930. The summed E-state index contributed by atoms with van der Waals surface area (Å²) in [4.78, 5) is 3.19. The molecule has 2 rings (SSSR count). The highest BCUT2D eigenvalue weighted by molar-refractivity contribution is 7.09. The van der Waals surface area contributed by atoms with Crippen molar-refractivity contribution >= 4 is 11.3 Å². The molecule has 0 aliphatic rings. The van der Waals surface area contributed by atoms with Crippen molar-refractivity contribution in [2.75, 3.05) is 20.2 Å². The molecule has 1 aromatic carbocycles. The van der Waals surface area contributed by atoms with Gasteiger partial charge in [-0.25, -0.2) is 4.39 Å². The molecule has 1 N–H and O–H groups in total.